The van der Waals surface area contributed by atoms with Crippen LogP contribution >= 0.6 is 11.8 Å². The molecule has 1 aliphatic carbocycles. The summed E-state index contributed by atoms with van der Waals surface area (Å²) in [6, 6.07) is 6.95. The largest absolute Gasteiger partial charge is 0.497 e. The summed E-state index contributed by atoms with van der Waals surface area (Å²) in [5.74, 6) is 0.966. The molecule has 2 unspecified atom stereocenters. The smallest absolute Gasteiger partial charge is 0.119 e. The van der Waals surface area contributed by atoms with Crippen LogP contribution in [-0.4, -0.2) is 25.2 Å². The zero-order valence-electron chi connectivity index (χ0n) is 10.8. The molecule has 0 amide bonds. The summed E-state index contributed by atoms with van der Waals surface area (Å²) in [7, 11) is 1.73. The molecule has 2 rings (SSSR count). The number of methoxy groups -OCH3 is 1. The Balaban J connectivity index is 2.35. The molecule has 1 N–H and O–H groups in total. The van der Waals surface area contributed by atoms with E-state index in [4.69, 9.17) is 4.74 Å². The Hall–Kier alpha value is -0.670. The lowest BCUT2D eigenvalue weighted by atomic mass is 9.87. The highest BCUT2D eigenvalue weighted by Crippen LogP contribution is 2.37. The Kier molecular flexibility index (Phi) is 4.35. The molecular weight excluding hydrogens is 230 g/mol. The molecule has 3 heteroatoms. The standard InChI is InChI=1S/C14H21NOS/c1-4-15-14-12-9-11(16-2)7-5-10(12)6-8-13(14)17-3/h5,7,9,13-15H,4,6,8H2,1-3H3. The highest BCUT2D eigenvalue weighted by molar-refractivity contribution is 7.99. The van der Waals surface area contributed by atoms with Crippen LogP contribution in [-0.2, 0) is 6.42 Å². The highest BCUT2D eigenvalue weighted by atomic mass is 32.2. The average Bonchev–Trinajstić information content (AvgIpc) is 2.39. The van der Waals surface area contributed by atoms with Gasteiger partial charge in [0.1, 0.15) is 5.75 Å². The van der Waals surface area contributed by atoms with Crippen molar-refractivity contribution in [3.05, 3.63) is 29.3 Å². The summed E-state index contributed by atoms with van der Waals surface area (Å²) in [4.78, 5) is 0. The minimum Gasteiger partial charge on any atom is -0.497 e. The van der Waals surface area contributed by atoms with Gasteiger partial charge in [-0.3, -0.25) is 0 Å². The Morgan fingerprint density at radius 3 is 2.94 bits per heavy atom. The molecule has 0 heterocycles. The van der Waals surface area contributed by atoms with Gasteiger partial charge in [-0.05, 0) is 48.9 Å². The first kappa shape index (κ1) is 12.8. The minimum absolute atomic E-state index is 0.467. The van der Waals surface area contributed by atoms with E-state index >= 15 is 0 Å². The van der Waals surface area contributed by atoms with Crippen molar-refractivity contribution < 1.29 is 4.74 Å². The Labute approximate surface area is 108 Å². The van der Waals surface area contributed by atoms with Crippen LogP contribution in [0.5, 0.6) is 5.75 Å². The van der Waals surface area contributed by atoms with E-state index in [9.17, 15) is 0 Å². The maximum Gasteiger partial charge on any atom is 0.119 e. The number of ether oxygens (including phenoxy) is 1. The van der Waals surface area contributed by atoms with Gasteiger partial charge in [-0.1, -0.05) is 13.0 Å². The third-order valence-corrected chi connectivity index (χ3v) is 4.60. The third kappa shape index (κ3) is 2.61. The zero-order valence-corrected chi connectivity index (χ0v) is 11.6. The molecule has 0 saturated carbocycles. The molecule has 2 atom stereocenters. The molecule has 2 nitrogen and oxygen atoms in total. The van der Waals surface area contributed by atoms with E-state index in [0.29, 0.717) is 11.3 Å². The quantitative estimate of drug-likeness (QED) is 0.889. The molecule has 0 saturated heterocycles. The minimum atomic E-state index is 0.467. The third-order valence-electron chi connectivity index (χ3n) is 3.48. The van der Waals surface area contributed by atoms with Crippen molar-refractivity contribution in [2.24, 2.45) is 0 Å². The van der Waals surface area contributed by atoms with E-state index in [1.807, 2.05) is 11.8 Å². The van der Waals surface area contributed by atoms with E-state index in [2.05, 4.69) is 36.7 Å². The van der Waals surface area contributed by atoms with Crippen molar-refractivity contribution in [1.29, 1.82) is 0 Å². The average molecular weight is 251 g/mol. The second-order valence-corrected chi connectivity index (χ2v) is 5.49. The summed E-state index contributed by atoms with van der Waals surface area (Å²) in [6.07, 6.45) is 4.66. The fourth-order valence-electron chi connectivity index (χ4n) is 2.60. The van der Waals surface area contributed by atoms with E-state index in [1.54, 1.807) is 7.11 Å². The first-order valence-corrected chi connectivity index (χ1v) is 7.52. The monoisotopic (exact) mass is 251 g/mol. The van der Waals surface area contributed by atoms with Gasteiger partial charge in [0.05, 0.1) is 7.11 Å². The van der Waals surface area contributed by atoms with Crippen molar-refractivity contribution in [3.63, 3.8) is 0 Å². The lowest BCUT2D eigenvalue weighted by Crippen LogP contribution is -2.34. The van der Waals surface area contributed by atoms with Crippen LogP contribution in [0.4, 0.5) is 0 Å². The van der Waals surface area contributed by atoms with E-state index in [0.717, 1.165) is 12.3 Å². The normalized spacial score (nSPS) is 23.2. The van der Waals surface area contributed by atoms with Gasteiger partial charge in [0, 0.05) is 11.3 Å². The molecule has 94 valence electrons. The van der Waals surface area contributed by atoms with Crippen molar-refractivity contribution in [1.82, 2.24) is 5.32 Å². The van der Waals surface area contributed by atoms with Crippen LogP contribution in [0.15, 0.2) is 18.2 Å². The van der Waals surface area contributed by atoms with Crippen molar-refractivity contribution in [2.45, 2.75) is 31.1 Å². The summed E-state index contributed by atoms with van der Waals surface area (Å²) >= 11 is 1.97. The first-order chi connectivity index (χ1) is 8.30. The molecule has 0 bridgehead atoms. The predicted octanol–water partition coefficient (Wildman–Crippen LogP) is 3.02. The second kappa shape index (κ2) is 5.78. The highest BCUT2D eigenvalue weighted by Gasteiger charge is 2.28. The summed E-state index contributed by atoms with van der Waals surface area (Å²) in [5, 5.41) is 4.29. The second-order valence-electron chi connectivity index (χ2n) is 4.41. The number of hydrogen-bond acceptors (Lipinski definition) is 3. The number of hydrogen-bond donors (Lipinski definition) is 1. The number of rotatable bonds is 4. The van der Waals surface area contributed by atoms with Gasteiger partial charge in [0.15, 0.2) is 0 Å². The van der Waals surface area contributed by atoms with Crippen LogP contribution in [0, 0.1) is 0 Å². The number of thioether (sulfide) groups is 1. The fourth-order valence-corrected chi connectivity index (χ4v) is 3.47. The van der Waals surface area contributed by atoms with Crippen molar-refractivity contribution in [3.8, 4) is 5.75 Å². The van der Waals surface area contributed by atoms with Crippen molar-refractivity contribution >= 4 is 11.8 Å². The Morgan fingerprint density at radius 2 is 2.29 bits per heavy atom. The van der Waals surface area contributed by atoms with Gasteiger partial charge >= 0.3 is 0 Å². The number of nitrogens with one attached hydrogen (secondary N) is 1. The topological polar surface area (TPSA) is 21.3 Å². The zero-order chi connectivity index (χ0) is 12.3. The van der Waals surface area contributed by atoms with Gasteiger partial charge in [-0.2, -0.15) is 11.8 Å². The van der Waals surface area contributed by atoms with Gasteiger partial charge in [-0.25, -0.2) is 0 Å². The van der Waals surface area contributed by atoms with Crippen LogP contribution < -0.4 is 10.1 Å². The molecular formula is C14H21NOS. The number of fused-ring (bicyclic) bond motifs is 1. The molecule has 0 spiro atoms. The molecule has 0 radical (unpaired) electrons. The molecule has 0 aromatic heterocycles. The van der Waals surface area contributed by atoms with Crippen LogP contribution in [0.25, 0.3) is 0 Å². The maximum absolute atomic E-state index is 5.34. The Morgan fingerprint density at radius 1 is 1.47 bits per heavy atom. The van der Waals surface area contributed by atoms with E-state index in [-0.39, 0.29) is 0 Å². The summed E-state index contributed by atoms with van der Waals surface area (Å²) in [5.41, 5.74) is 2.90. The van der Waals surface area contributed by atoms with Crippen LogP contribution in [0.2, 0.25) is 0 Å². The maximum atomic E-state index is 5.34. The lowest BCUT2D eigenvalue weighted by Gasteiger charge is -2.33. The number of aryl methyl sites for hydroxylation is 1. The van der Waals surface area contributed by atoms with E-state index < -0.39 is 0 Å². The first-order valence-electron chi connectivity index (χ1n) is 6.23. The predicted molar refractivity (Wildman–Crippen MR) is 75.0 cm³/mol. The van der Waals surface area contributed by atoms with Gasteiger partial charge in [-0.15, -0.1) is 0 Å². The molecule has 0 fully saturated rings. The molecule has 1 aliphatic rings. The SMILES string of the molecule is CCNC1c2cc(OC)ccc2CCC1SC. The van der Waals surface area contributed by atoms with Gasteiger partial charge in [0.25, 0.3) is 0 Å². The van der Waals surface area contributed by atoms with Crippen molar-refractivity contribution in [2.75, 3.05) is 19.9 Å². The van der Waals surface area contributed by atoms with Gasteiger partial charge < -0.3 is 10.1 Å². The number of benzene rings is 1. The van der Waals surface area contributed by atoms with E-state index in [1.165, 1.54) is 24.0 Å². The summed E-state index contributed by atoms with van der Waals surface area (Å²) in [6.45, 7) is 3.18. The lowest BCUT2D eigenvalue weighted by molar-refractivity contribution is 0.410. The Bertz CT molecular complexity index is 380. The molecule has 1 aromatic rings. The molecule has 0 aliphatic heterocycles. The van der Waals surface area contributed by atoms with Gasteiger partial charge in [0.2, 0.25) is 0 Å². The van der Waals surface area contributed by atoms with Crippen LogP contribution in [0.3, 0.4) is 0 Å². The van der Waals surface area contributed by atoms with Crippen LogP contribution in [0.1, 0.15) is 30.5 Å². The molecule has 1 aromatic carbocycles. The summed E-state index contributed by atoms with van der Waals surface area (Å²) < 4.78 is 5.34. The molecule has 17 heavy (non-hydrogen) atoms. The fraction of sp³-hybridized carbons (Fsp3) is 0.571.